The Balaban J connectivity index is 2.26. The topological polar surface area (TPSA) is 75.2 Å². The van der Waals surface area contributed by atoms with Gasteiger partial charge in [-0.3, -0.25) is 14.6 Å². The Kier molecular flexibility index (Phi) is 4.00. The number of hydrogen-bond donors (Lipinski definition) is 0. The molecule has 5 heteroatoms. The number of nitrogens with zero attached hydrogens (tertiary/aromatic N) is 3. The van der Waals surface area contributed by atoms with Crippen molar-refractivity contribution >= 4 is 17.3 Å². The number of Topliss-reactive ketones (excluding diaryl/α,β-unsaturated/α-hetero) is 2. The summed E-state index contributed by atoms with van der Waals surface area (Å²) in [5, 5.41) is 9.33. The van der Waals surface area contributed by atoms with Crippen molar-refractivity contribution < 1.29 is 9.59 Å². The van der Waals surface area contributed by atoms with E-state index in [-0.39, 0.29) is 23.4 Å². The molecule has 24 heavy (non-hydrogen) atoms. The third-order valence-corrected chi connectivity index (χ3v) is 5.31. The van der Waals surface area contributed by atoms with E-state index in [0.29, 0.717) is 23.4 Å². The molecule has 0 saturated heterocycles. The summed E-state index contributed by atoms with van der Waals surface area (Å²) in [4.78, 5) is 29.6. The maximum absolute atomic E-state index is 12.7. The van der Waals surface area contributed by atoms with Gasteiger partial charge in [-0.15, -0.1) is 0 Å². The molecule has 0 bridgehead atoms. The molecular formula is C19H21N3O2. The maximum atomic E-state index is 12.7. The van der Waals surface area contributed by atoms with Gasteiger partial charge in [0.15, 0.2) is 5.78 Å². The molecule has 1 aromatic heterocycles. The first-order valence-electron chi connectivity index (χ1n) is 8.25. The standard InChI is InChI=1S/C19H21N3O2/c1-10-17(12(3)23)18(14-8-13(9-20)22(4)11(14)2)19-15(21-10)6-5-7-16(19)24/h8,18-19H,5-7H2,1-4H3/t18-,19?/m0/s1. The molecule has 2 aliphatic rings. The van der Waals surface area contributed by atoms with Gasteiger partial charge in [0, 0.05) is 42.1 Å². The number of aliphatic imine (C=N–C) groups is 1. The quantitative estimate of drug-likeness (QED) is 0.839. The third-order valence-electron chi connectivity index (χ3n) is 5.31. The summed E-state index contributed by atoms with van der Waals surface area (Å²) in [6, 6.07) is 4.00. The Hall–Kier alpha value is -2.48. The van der Waals surface area contributed by atoms with E-state index >= 15 is 0 Å². The molecule has 1 aliphatic heterocycles. The van der Waals surface area contributed by atoms with Crippen molar-refractivity contribution in [1.29, 1.82) is 5.26 Å². The Morgan fingerprint density at radius 3 is 2.62 bits per heavy atom. The molecule has 0 N–H and O–H groups in total. The number of hydrogen-bond acceptors (Lipinski definition) is 4. The van der Waals surface area contributed by atoms with Gasteiger partial charge < -0.3 is 4.57 Å². The van der Waals surface area contributed by atoms with E-state index in [4.69, 9.17) is 0 Å². The van der Waals surface area contributed by atoms with Gasteiger partial charge >= 0.3 is 0 Å². The number of nitriles is 1. The fourth-order valence-corrected chi connectivity index (χ4v) is 4.07. The molecule has 2 atom stereocenters. The second-order valence-electron chi connectivity index (χ2n) is 6.67. The van der Waals surface area contributed by atoms with Gasteiger partial charge in [0.2, 0.25) is 0 Å². The monoisotopic (exact) mass is 323 g/mol. The minimum Gasteiger partial charge on any atom is -0.340 e. The van der Waals surface area contributed by atoms with E-state index in [1.54, 1.807) is 0 Å². The Morgan fingerprint density at radius 1 is 1.33 bits per heavy atom. The average molecular weight is 323 g/mol. The first kappa shape index (κ1) is 16.4. The van der Waals surface area contributed by atoms with Crippen LogP contribution >= 0.6 is 0 Å². The number of aromatic nitrogens is 1. The Labute approximate surface area is 141 Å². The number of fused-ring (bicyclic) bond motifs is 1. The van der Waals surface area contributed by atoms with Crippen LogP contribution < -0.4 is 0 Å². The predicted molar refractivity (Wildman–Crippen MR) is 90.8 cm³/mol. The van der Waals surface area contributed by atoms with E-state index in [9.17, 15) is 14.9 Å². The van der Waals surface area contributed by atoms with Crippen LogP contribution in [0.1, 0.15) is 56.0 Å². The summed E-state index contributed by atoms with van der Waals surface area (Å²) in [5.41, 5.74) is 4.55. The van der Waals surface area contributed by atoms with Gasteiger partial charge in [0.1, 0.15) is 17.5 Å². The molecule has 5 nitrogen and oxygen atoms in total. The predicted octanol–water partition coefficient (Wildman–Crippen LogP) is 2.98. The second kappa shape index (κ2) is 5.86. The Bertz CT molecular complexity index is 849. The zero-order chi connectivity index (χ0) is 17.6. The van der Waals surface area contributed by atoms with Crippen LogP contribution in [0.4, 0.5) is 0 Å². The molecule has 1 aromatic rings. The SMILES string of the molecule is CC(=O)C1=C(C)N=C2CCCC(=O)C2[C@H]1c1cc(C#N)n(C)c1C. The van der Waals surface area contributed by atoms with Crippen LogP contribution in [-0.2, 0) is 16.6 Å². The lowest BCUT2D eigenvalue weighted by atomic mass is 9.68. The van der Waals surface area contributed by atoms with Gasteiger partial charge in [0.05, 0.1) is 5.92 Å². The molecular weight excluding hydrogens is 302 g/mol. The lowest BCUT2D eigenvalue weighted by Crippen LogP contribution is -2.38. The lowest BCUT2D eigenvalue weighted by molar-refractivity contribution is -0.122. The fraction of sp³-hybridized carbons (Fsp3) is 0.474. The number of rotatable bonds is 2. The zero-order valence-electron chi connectivity index (χ0n) is 14.5. The minimum atomic E-state index is -0.367. The molecule has 1 saturated carbocycles. The third kappa shape index (κ3) is 2.34. The van der Waals surface area contributed by atoms with Crippen LogP contribution in [0.2, 0.25) is 0 Å². The van der Waals surface area contributed by atoms with Gasteiger partial charge in [-0.25, -0.2) is 0 Å². The molecule has 1 unspecified atom stereocenters. The summed E-state index contributed by atoms with van der Waals surface area (Å²) in [7, 11) is 1.84. The summed E-state index contributed by atoms with van der Waals surface area (Å²) in [5.74, 6) is -0.594. The molecule has 3 rings (SSSR count). The van der Waals surface area contributed by atoms with Crippen LogP contribution in [0.25, 0.3) is 0 Å². The molecule has 1 aliphatic carbocycles. The summed E-state index contributed by atoms with van der Waals surface area (Å²) in [6.07, 6.45) is 2.15. The molecule has 1 fully saturated rings. The van der Waals surface area contributed by atoms with E-state index in [1.807, 2.05) is 31.5 Å². The summed E-state index contributed by atoms with van der Waals surface area (Å²) in [6.45, 7) is 5.31. The number of allylic oxidation sites excluding steroid dienone is 2. The highest BCUT2D eigenvalue weighted by atomic mass is 16.1. The minimum absolute atomic E-state index is 0.0552. The van der Waals surface area contributed by atoms with E-state index in [1.165, 1.54) is 6.92 Å². The van der Waals surface area contributed by atoms with Crippen molar-refractivity contribution in [2.24, 2.45) is 18.0 Å². The lowest BCUT2D eigenvalue weighted by Gasteiger charge is -2.35. The Morgan fingerprint density at radius 2 is 2.04 bits per heavy atom. The molecule has 0 radical (unpaired) electrons. The van der Waals surface area contributed by atoms with Gasteiger partial charge in [-0.1, -0.05) is 0 Å². The van der Waals surface area contributed by atoms with Crippen molar-refractivity contribution in [3.05, 3.63) is 34.3 Å². The highest BCUT2D eigenvalue weighted by Crippen LogP contribution is 2.44. The van der Waals surface area contributed by atoms with E-state index in [2.05, 4.69) is 11.1 Å². The van der Waals surface area contributed by atoms with Crippen molar-refractivity contribution in [1.82, 2.24) is 4.57 Å². The first-order chi connectivity index (χ1) is 11.4. The zero-order valence-corrected chi connectivity index (χ0v) is 14.5. The van der Waals surface area contributed by atoms with Crippen LogP contribution in [-0.4, -0.2) is 21.8 Å². The normalized spacial score (nSPS) is 23.6. The first-order valence-corrected chi connectivity index (χ1v) is 8.25. The van der Waals surface area contributed by atoms with Crippen LogP contribution in [0.5, 0.6) is 0 Å². The van der Waals surface area contributed by atoms with Crippen LogP contribution in [0, 0.1) is 24.2 Å². The molecule has 0 spiro atoms. The van der Waals surface area contributed by atoms with Gasteiger partial charge in [-0.2, -0.15) is 5.26 Å². The van der Waals surface area contributed by atoms with Crippen LogP contribution in [0.3, 0.4) is 0 Å². The molecule has 124 valence electrons. The van der Waals surface area contributed by atoms with Crippen molar-refractivity contribution in [3.63, 3.8) is 0 Å². The largest absolute Gasteiger partial charge is 0.340 e. The molecule has 0 amide bonds. The highest BCUT2D eigenvalue weighted by Gasteiger charge is 2.43. The van der Waals surface area contributed by atoms with Crippen molar-refractivity contribution in [2.45, 2.75) is 46.0 Å². The maximum Gasteiger partial charge on any atom is 0.158 e. The van der Waals surface area contributed by atoms with Crippen molar-refractivity contribution in [2.75, 3.05) is 0 Å². The average Bonchev–Trinajstić information content (AvgIpc) is 2.81. The van der Waals surface area contributed by atoms with Crippen LogP contribution in [0.15, 0.2) is 22.3 Å². The highest BCUT2D eigenvalue weighted by molar-refractivity contribution is 6.12. The summed E-state index contributed by atoms with van der Waals surface area (Å²) >= 11 is 0. The summed E-state index contributed by atoms with van der Waals surface area (Å²) < 4.78 is 1.82. The number of carbonyl (C=O) groups is 2. The smallest absolute Gasteiger partial charge is 0.158 e. The fourth-order valence-electron chi connectivity index (χ4n) is 4.07. The number of carbonyl (C=O) groups excluding carboxylic acids is 2. The molecule has 0 aromatic carbocycles. The second-order valence-corrected chi connectivity index (χ2v) is 6.67. The van der Waals surface area contributed by atoms with Gasteiger partial charge in [0.25, 0.3) is 0 Å². The molecule has 2 heterocycles. The number of ketones is 2. The van der Waals surface area contributed by atoms with E-state index in [0.717, 1.165) is 29.8 Å². The van der Waals surface area contributed by atoms with E-state index < -0.39 is 0 Å². The van der Waals surface area contributed by atoms with Crippen molar-refractivity contribution in [3.8, 4) is 6.07 Å². The van der Waals surface area contributed by atoms with Gasteiger partial charge in [-0.05, 0) is 45.2 Å².